The second-order valence-electron chi connectivity index (χ2n) is 5.50. The van der Waals surface area contributed by atoms with Crippen molar-refractivity contribution in [3.05, 3.63) is 35.4 Å². The molecule has 0 bridgehead atoms. The number of fused-ring (bicyclic) bond motifs is 1. The van der Waals surface area contributed by atoms with E-state index in [4.69, 9.17) is 4.74 Å². The van der Waals surface area contributed by atoms with E-state index in [2.05, 4.69) is 5.32 Å². The molecule has 0 fully saturated rings. The van der Waals surface area contributed by atoms with E-state index in [1.807, 2.05) is 13.8 Å². The zero-order valence-corrected chi connectivity index (χ0v) is 13.0. The van der Waals surface area contributed by atoms with Crippen LogP contribution >= 0.6 is 0 Å². The number of ether oxygens (including phenoxy) is 1. The molecule has 1 aromatic rings. The van der Waals surface area contributed by atoms with Crippen molar-refractivity contribution in [2.45, 2.75) is 19.9 Å². The van der Waals surface area contributed by atoms with Crippen molar-refractivity contribution in [2.24, 2.45) is 5.92 Å². The summed E-state index contributed by atoms with van der Waals surface area (Å²) in [4.78, 5) is 38.4. The van der Waals surface area contributed by atoms with Gasteiger partial charge in [0, 0.05) is 13.7 Å². The van der Waals surface area contributed by atoms with Gasteiger partial charge in [-0.2, -0.15) is 0 Å². The lowest BCUT2D eigenvalue weighted by atomic mass is 10.0. The summed E-state index contributed by atoms with van der Waals surface area (Å²) in [5, 5.41) is 2.70. The highest BCUT2D eigenvalue weighted by Crippen LogP contribution is 2.27. The molecule has 0 aromatic heterocycles. The lowest BCUT2D eigenvalue weighted by Gasteiger charge is -2.28. The first-order valence-corrected chi connectivity index (χ1v) is 7.22. The fourth-order valence-electron chi connectivity index (χ4n) is 2.56. The normalized spacial score (nSPS) is 15.2. The first kappa shape index (κ1) is 16.2. The first-order chi connectivity index (χ1) is 10.5. The summed E-state index contributed by atoms with van der Waals surface area (Å²) in [6.45, 7) is 4.33. The predicted octanol–water partition coefficient (Wildman–Crippen LogP) is 1.07. The Morgan fingerprint density at radius 2 is 1.73 bits per heavy atom. The quantitative estimate of drug-likeness (QED) is 0.630. The Balaban J connectivity index is 2.25. The maximum Gasteiger partial charge on any atom is 0.262 e. The van der Waals surface area contributed by atoms with E-state index in [-0.39, 0.29) is 11.8 Å². The van der Waals surface area contributed by atoms with Crippen LogP contribution in [0.1, 0.15) is 34.6 Å². The lowest BCUT2D eigenvalue weighted by Crippen LogP contribution is -2.52. The van der Waals surface area contributed by atoms with E-state index in [9.17, 15) is 14.4 Å². The SMILES string of the molecule is COCCNC(=O)C(C(C)C)N1C(=O)c2ccccc2C1=O. The van der Waals surface area contributed by atoms with Gasteiger partial charge in [0.2, 0.25) is 5.91 Å². The number of nitrogens with one attached hydrogen (secondary N) is 1. The number of imide groups is 1. The summed E-state index contributed by atoms with van der Waals surface area (Å²) in [5.74, 6) is -1.37. The van der Waals surface area contributed by atoms with Crippen LogP contribution in [0.3, 0.4) is 0 Å². The van der Waals surface area contributed by atoms with Gasteiger partial charge in [-0.15, -0.1) is 0 Å². The summed E-state index contributed by atoms with van der Waals surface area (Å²) in [6.07, 6.45) is 0. The van der Waals surface area contributed by atoms with E-state index in [0.29, 0.717) is 24.3 Å². The topological polar surface area (TPSA) is 75.7 Å². The molecule has 22 heavy (non-hydrogen) atoms. The van der Waals surface area contributed by atoms with Crippen molar-refractivity contribution < 1.29 is 19.1 Å². The van der Waals surface area contributed by atoms with Gasteiger partial charge < -0.3 is 10.1 Å². The van der Waals surface area contributed by atoms with Gasteiger partial charge in [0.05, 0.1) is 17.7 Å². The molecule has 1 unspecified atom stereocenters. The molecule has 1 aliphatic rings. The summed E-state index contributed by atoms with van der Waals surface area (Å²) < 4.78 is 4.89. The fraction of sp³-hybridized carbons (Fsp3) is 0.438. The Morgan fingerprint density at radius 1 is 1.18 bits per heavy atom. The van der Waals surface area contributed by atoms with Crippen molar-refractivity contribution in [3.8, 4) is 0 Å². The minimum atomic E-state index is -0.829. The van der Waals surface area contributed by atoms with Crippen molar-refractivity contribution in [3.63, 3.8) is 0 Å². The number of carbonyl (C=O) groups excluding carboxylic acids is 3. The molecular weight excluding hydrogens is 284 g/mol. The molecule has 6 heteroatoms. The molecule has 0 saturated carbocycles. The first-order valence-electron chi connectivity index (χ1n) is 7.22. The fourth-order valence-corrected chi connectivity index (χ4v) is 2.56. The molecule has 1 N–H and O–H groups in total. The molecule has 1 aromatic carbocycles. The van der Waals surface area contributed by atoms with Crippen LogP contribution in [-0.4, -0.2) is 48.9 Å². The van der Waals surface area contributed by atoms with Crippen LogP contribution in [0, 0.1) is 5.92 Å². The maximum absolute atomic E-state index is 12.5. The molecule has 0 spiro atoms. The lowest BCUT2D eigenvalue weighted by molar-refractivity contribution is -0.126. The molecular formula is C16H20N2O4. The van der Waals surface area contributed by atoms with Gasteiger partial charge in [0.1, 0.15) is 6.04 Å². The summed E-state index contributed by atoms with van der Waals surface area (Å²) in [6, 6.07) is 5.79. The summed E-state index contributed by atoms with van der Waals surface area (Å²) in [5.41, 5.74) is 0.700. The molecule has 0 saturated heterocycles. The Hall–Kier alpha value is -2.21. The molecule has 1 atom stereocenters. The van der Waals surface area contributed by atoms with E-state index < -0.39 is 17.9 Å². The molecule has 0 aliphatic carbocycles. The van der Waals surface area contributed by atoms with E-state index in [0.717, 1.165) is 4.90 Å². The van der Waals surface area contributed by atoms with Crippen LogP contribution in [0.2, 0.25) is 0 Å². The average molecular weight is 304 g/mol. The minimum Gasteiger partial charge on any atom is -0.383 e. The number of methoxy groups -OCH3 is 1. The smallest absolute Gasteiger partial charge is 0.262 e. The summed E-state index contributed by atoms with van der Waals surface area (Å²) >= 11 is 0. The average Bonchev–Trinajstić information content (AvgIpc) is 2.73. The van der Waals surface area contributed by atoms with Crippen LogP contribution in [0.25, 0.3) is 0 Å². The highest BCUT2D eigenvalue weighted by molar-refractivity contribution is 6.22. The van der Waals surface area contributed by atoms with Gasteiger partial charge in [0.15, 0.2) is 0 Å². The van der Waals surface area contributed by atoms with Gasteiger partial charge in [-0.25, -0.2) is 0 Å². The number of carbonyl (C=O) groups is 3. The van der Waals surface area contributed by atoms with Crippen LogP contribution < -0.4 is 5.32 Å². The van der Waals surface area contributed by atoms with E-state index in [1.165, 1.54) is 7.11 Å². The molecule has 118 valence electrons. The zero-order valence-electron chi connectivity index (χ0n) is 13.0. The number of amides is 3. The third-order valence-electron chi connectivity index (χ3n) is 3.61. The molecule has 1 heterocycles. The number of nitrogens with zero attached hydrogens (tertiary/aromatic N) is 1. The van der Waals surface area contributed by atoms with Crippen molar-refractivity contribution in [2.75, 3.05) is 20.3 Å². The van der Waals surface area contributed by atoms with E-state index >= 15 is 0 Å². The molecule has 6 nitrogen and oxygen atoms in total. The third kappa shape index (κ3) is 2.87. The number of rotatable bonds is 6. The van der Waals surface area contributed by atoms with Crippen LogP contribution in [0.15, 0.2) is 24.3 Å². The molecule has 2 rings (SSSR count). The highest BCUT2D eigenvalue weighted by Gasteiger charge is 2.43. The van der Waals surface area contributed by atoms with Gasteiger partial charge in [-0.3, -0.25) is 19.3 Å². The molecule has 1 aliphatic heterocycles. The van der Waals surface area contributed by atoms with Crippen LogP contribution in [0.5, 0.6) is 0 Å². The monoisotopic (exact) mass is 304 g/mol. The largest absolute Gasteiger partial charge is 0.383 e. The Bertz CT molecular complexity index is 563. The third-order valence-corrected chi connectivity index (χ3v) is 3.61. The van der Waals surface area contributed by atoms with Gasteiger partial charge in [0.25, 0.3) is 11.8 Å². The Labute approximate surface area is 129 Å². The van der Waals surface area contributed by atoms with Crippen molar-refractivity contribution in [1.82, 2.24) is 10.2 Å². The standard InChI is InChI=1S/C16H20N2O4/c1-10(2)13(14(19)17-8-9-22-3)18-15(20)11-6-4-5-7-12(11)16(18)21/h4-7,10,13H,8-9H2,1-3H3,(H,17,19). The summed E-state index contributed by atoms with van der Waals surface area (Å²) in [7, 11) is 1.54. The van der Waals surface area contributed by atoms with Crippen molar-refractivity contribution in [1.29, 1.82) is 0 Å². The highest BCUT2D eigenvalue weighted by atomic mass is 16.5. The number of benzene rings is 1. The van der Waals surface area contributed by atoms with E-state index in [1.54, 1.807) is 24.3 Å². The Morgan fingerprint density at radius 3 is 2.18 bits per heavy atom. The number of hydrogen-bond donors (Lipinski definition) is 1. The van der Waals surface area contributed by atoms with Gasteiger partial charge in [-0.05, 0) is 18.1 Å². The maximum atomic E-state index is 12.5. The van der Waals surface area contributed by atoms with Gasteiger partial charge >= 0.3 is 0 Å². The Kier molecular flexibility index (Phi) is 4.92. The second-order valence-corrected chi connectivity index (χ2v) is 5.50. The zero-order chi connectivity index (χ0) is 16.3. The molecule has 3 amide bonds. The second kappa shape index (κ2) is 6.70. The van der Waals surface area contributed by atoms with Crippen LogP contribution in [-0.2, 0) is 9.53 Å². The number of hydrogen-bond acceptors (Lipinski definition) is 4. The van der Waals surface area contributed by atoms with Crippen molar-refractivity contribution >= 4 is 17.7 Å². The minimum absolute atomic E-state index is 0.190. The predicted molar refractivity (Wildman–Crippen MR) is 80.5 cm³/mol. The van der Waals surface area contributed by atoms with Gasteiger partial charge in [-0.1, -0.05) is 26.0 Å². The molecule has 0 radical (unpaired) electrons. The van der Waals surface area contributed by atoms with Crippen LogP contribution in [0.4, 0.5) is 0 Å².